The van der Waals surface area contributed by atoms with Crippen LogP contribution in [0.15, 0.2) is 58.4 Å². The maximum absolute atomic E-state index is 15.3. The molecule has 0 spiro atoms. The quantitative estimate of drug-likeness (QED) is 0.279. The zero-order valence-corrected chi connectivity index (χ0v) is 23.2. The topological polar surface area (TPSA) is 132 Å². The number of nitrogens with one attached hydrogen (secondary N) is 1. The van der Waals surface area contributed by atoms with Gasteiger partial charge in [-0.1, -0.05) is 25.1 Å². The zero-order valence-electron chi connectivity index (χ0n) is 22.4. The fourth-order valence-electron chi connectivity index (χ4n) is 4.12. The van der Waals surface area contributed by atoms with Crippen LogP contribution in [0.2, 0.25) is 0 Å². The van der Waals surface area contributed by atoms with Crippen LogP contribution in [0.5, 0.6) is 5.75 Å². The molecule has 2 heterocycles. The number of sulfone groups is 1. The first kappa shape index (κ1) is 32.4. The minimum Gasteiger partial charge on any atom is -0.420 e. The average Bonchev–Trinajstić information content (AvgIpc) is 3.34. The molecule has 2 aromatic carbocycles. The number of benzene rings is 2. The molecule has 0 saturated heterocycles. The van der Waals surface area contributed by atoms with Crippen molar-refractivity contribution in [3.63, 3.8) is 0 Å². The summed E-state index contributed by atoms with van der Waals surface area (Å²) in [7, 11) is -4.53. The molecule has 236 valence electrons. The van der Waals surface area contributed by atoms with Crippen molar-refractivity contribution in [3.8, 4) is 17.2 Å². The molecule has 1 aliphatic rings. The first-order chi connectivity index (χ1) is 20.4. The van der Waals surface area contributed by atoms with Crippen molar-refractivity contribution in [2.75, 3.05) is 10.7 Å². The van der Waals surface area contributed by atoms with Crippen LogP contribution in [-0.4, -0.2) is 54.8 Å². The van der Waals surface area contributed by atoms with Crippen molar-refractivity contribution in [3.05, 3.63) is 66.3 Å². The lowest BCUT2D eigenvalue weighted by Crippen LogP contribution is -2.51. The summed E-state index contributed by atoms with van der Waals surface area (Å²) < 4.78 is 127. The molecule has 4 rings (SSSR count). The summed E-state index contributed by atoms with van der Waals surface area (Å²) in [5.41, 5.74) is -0.959. The van der Waals surface area contributed by atoms with E-state index in [9.17, 15) is 44.3 Å². The average molecular weight is 651 g/mol. The molecular weight excluding hydrogens is 629 g/mol. The highest BCUT2D eigenvalue weighted by Gasteiger charge is 2.40. The number of nitrogens with zero attached hydrogens (tertiary/aromatic N) is 3. The number of hydrogen-bond acceptors (Lipinski definition) is 8. The number of anilines is 1. The monoisotopic (exact) mass is 650 g/mol. The number of rotatable bonds is 8. The van der Waals surface area contributed by atoms with E-state index in [1.807, 2.05) is 0 Å². The molecule has 44 heavy (non-hydrogen) atoms. The predicted octanol–water partition coefficient (Wildman–Crippen LogP) is 4.51. The molecule has 2 atom stereocenters. The molecule has 18 heteroatoms. The van der Waals surface area contributed by atoms with Crippen molar-refractivity contribution >= 4 is 27.3 Å². The number of alkyl halides is 6. The third-order valence-corrected chi connectivity index (χ3v) is 8.02. The number of carbonyl (C=O) groups excluding carboxylic acids is 2. The molecule has 1 aromatic heterocycles. The lowest BCUT2D eigenvalue weighted by atomic mass is 10.1. The van der Waals surface area contributed by atoms with E-state index >= 15 is 4.39 Å². The van der Waals surface area contributed by atoms with Gasteiger partial charge < -0.3 is 19.4 Å². The summed E-state index contributed by atoms with van der Waals surface area (Å²) >= 11 is 0. The van der Waals surface area contributed by atoms with E-state index in [4.69, 9.17) is 4.42 Å². The van der Waals surface area contributed by atoms with E-state index < -0.39 is 104 Å². The van der Waals surface area contributed by atoms with Crippen LogP contribution in [0, 0.1) is 11.7 Å². The van der Waals surface area contributed by atoms with Crippen molar-refractivity contribution in [1.29, 1.82) is 0 Å². The summed E-state index contributed by atoms with van der Waals surface area (Å²) in [6.45, 7) is 4.38. The van der Waals surface area contributed by atoms with Gasteiger partial charge in [0.2, 0.25) is 11.8 Å². The van der Waals surface area contributed by atoms with Crippen molar-refractivity contribution in [2.45, 2.75) is 43.4 Å². The van der Waals surface area contributed by atoms with E-state index in [-0.39, 0.29) is 5.56 Å². The second kappa shape index (κ2) is 11.9. The van der Waals surface area contributed by atoms with Gasteiger partial charge in [0.05, 0.1) is 34.4 Å². The molecule has 0 unspecified atom stereocenters. The summed E-state index contributed by atoms with van der Waals surface area (Å²) in [6.07, 6.45) is -10.1. The maximum atomic E-state index is 15.3. The highest BCUT2D eigenvalue weighted by Crippen LogP contribution is 2.38. The Balaban J connectivity index is 1.82. The standard InChI is InChI=1S/C26H21F7N4O6S/c1-3-13(2)22(38)34-18-12-44(40,41)20-9-17(27)16(23-36-35-21(42-23)10-25(28,29)30)8-19(20)37(24(18)39)11-14-4-6-15(7-5-14)43-26(31,32)33/h3-9,13,18H,1,10-12H2,2H3,(H,34,38)/t13-,18+/m1/s1. The SMILES string of the molecule is C=C[C@@H](C)C(=O)N[C@H]1CS(=O)(=O)c2cc(F)c(-c3nnc(CC(F)(F)F)o3)cc2N(Cc2ccc(OC(F)(F)F)cc2)C1=O. The van der Waals surface area contributed by atoms with Gasteiger partial charge in [-0.25, -0.2) is 12.8 Å². The van der Waals surface area contributed by atoms with Crippen LogP contribution in [0.4, 0.5) is 36.4 Å². The third-order valence-electron chi connectivity index (χ3n) is 6.25. The second-order valence-corrected chi connectivity index (χ2v) is 11.6. The molecule has 0 radical (unpaired) electrons. The van der Waals surface area contributed by atoms with Crippen molar-refractivity contribution < 1.29 is 57.9 Å². The Bertz CT molecular complexity index is 1690. The third kappa shape index (κ3) is 7.53. The molecule has 1 N–H and O–H groups in total. The van der Waals surface area contributed by atoms with Gasteiger partial charge in [-0.3, -0.25) is 9.59 Å². The zero-order chi connectivity index (χ0) is 32.6. The Kier molecular flexibility index (Phi) is 8.77. The maximum Gasteiger partial charge on any atom is 0.573 e. The van der Waals surface area contributed by atoms with Crippen LogP contribution in [0.25, 0.3) is 11.5 Å². The van der Waals surface area contributed by atoms with Gasteiger partial charge in [-0.15, -0.1) is 29.9 Å². The van der Waals surface area contributed by atoms with Gasteiger partial charge in [0, 0.05) is 0 Å². The van der Waals surface area contributed by atoms with E-state index in [1.54, 1.807) is 0 Å². The summed E-state index contributed by atoms with van der Waals surface area (Å²) in [4.78, 5) is 26.5. The predicted molar refractivity (Wildman–Crippen MR) is 137 cm³/mol. The molecule has 3 aromatic rings. The molecule has 0 bridgehead atoms. The van der Waals surface area contributed by atoms with Gasteiger partial charge in [0.15, 0.2) is 9.84 Å². The first-order valence-electron chi connectivity index (χ1n) is 12.4. The van der Waals surface area contributed by atoms with Crippen molar-refractivity contribution in [1.82, 2.24) is 15.5 Å². The lowest BCUT2D eigenvalue weighted by molar-refractivity contribution is -0.274. The van der Waals surface area contributed by atoms with Crippen LogP contribution < -0.4 is 15.0 Å². The number of carbonyl (C=O) groups is 2. The summed E-state index contributed by atoms with van der Waals surface area (Å²) in [5.74, 6) is -7.17. The van der Waals surface area contributed by atoms with Crippen LogP contribution in [-0.2, 0) is 32.4 Å². The first-order valence-corrected chi connectivity index (χ1v) is 14.1. The number of halogens is 7. The second-order valence-electron chi connectivity index (χ2n) is 9.58. The highest BCUT2D eigenvalue weighted by molar-refractivity contribution is 7.91. The minimum absolute atomic E-state index is 0.152. The molecule has 2 amide bonds. The van der Waals surface area contributed by atoms with Gasteiger partial charge in [0.1, 0.15) is 24.0 Å². The van der Waals surface area contributed by atoms with Crippen LogP contribution >= 0.6 is 0 Å². The fourth-order valence-corrected chi connectivity index (χ4v) is 5.73. The summed E-state index contributed by atoms with van der Waals surface area (Å²) in [5, 5.41) is 8.96. The van der Waals surface area contributed by atoms with Gasteiger partial charge in [-0.2, -0.15) is 13.2 Å². The normalized spacial score (nSPS) is 17.4. The van der Waals surface area contributed by atoms with E-state index in [2.05, 4.69) is 26.8 Å². The van der Waals surface area contributed by atoms with E-state index in [1.165, 1.54) is 13.0 Å². The number of fused-ring (bicyclic) bond motifs is 1. The number of ether oxygens (including phenoxy) is 1. The summed E-state index contributed by atoms with van der Waals surface area (Å²) in [6, 6.07) is 3.78. The molecule has 0 fully saturated rings. The molecule has 0 saturated carbocycles. The fraction of sp³-hybridized carbons (Fsp3) is 0.308. The Labute approximate surface area is 244 Å². The lowest BCUT2D eigenvalue weighted by Gasteiger charge is -2.26. The van der Waals surface area contributed by atoms with E-state index in [0.717, 1.165) is 35.2 Å². The molecule has 10 nitrogen and oxygen atoms in total. The largest absolute Gasteiger partial charge is 0.573 e. The molecule has 1 aliphatic heterocycles. The number of hydrogen-bond donors (Lipinski definition) is 1. The Morgan fingerprint density at radius 2 is 1.84 bits per heavy atom. The Morgan fingerprint density at radius 3 is 2.43 bits per heavy atom. The van der Waals surface area contributed by atoms with Crippen LogP contribution in [0.1, 0.15) is 18.4 Å². The van der Waals surface area contributed by atoms with E-state index in [0.29, 0.717) is 6.07 Å². The Hall–Kier alpha value is -4.48. The molecular formula is C26H21F7N4O6S. The van der Waals surface area contributed by atoms with Gasteiger partial charge in [-0.05, 0) is 29.8 Å². The van der Waals surface area contributed by atoms with Gasteiger partial charge >= 0.3 is 12.5 Å². The highest BCUT2D eigenvalue weighted by atomic mass is 32.2. The molecule has 0 aliphatic carbocycles. The van der Waals surface area contributed by atoms with Crippen LogP contribution in [0.3, 0.4) is 0 Å². The Morgan fingerprint density at radius 1 is 1.18 bits per heavy atom. The number of aromatic nitrogens is 2. The smallest absolute Gasteiger partial charge is 0.420 e. The van der Waals surface area contributed by atoms with Crippen molar-refractivity contribution in [2.24, 2.45) is 5.92 Å². The van der Waals surface area contributed by atoms with Gasteiger partial charge in [0.25, 0.3) is 11.8 Å². The number of amides is 2. The minimum atomic E-state index is -4.99.